The van der Waals surface area contributed by atoms with Gasteiger partial charge in [0.25, 0.3) is 10.1 Å². The van der Waals surface area contributed by atoms with Crippen molar-refractivity contribution in [2.24, 2.45) is 0 Å². The van der Waals surface area contributed by atoms with Gasteiger partial charge in [-0.1, -0.05) is 42.0 Å². The normalized spacial score (nSPS) is 17.4. The van der Waals surface area contributed by atoms with Gasteiger partial charge in [0.1, 0.15) is 5.82 Å². The summed E-state index contributed by atoms with van der Waals surface area (Å²) in [4.78, 5) is -0.0666. The Labute approximate surface area is 204 Å². The number of nitriles is 1. The maximum absolute atomic E-state index is 13.9. The Morgan fingerprint density at radius 1 is 1.24 bits per heavy atom. The Bertz CT molecular complexity index is 1250. The molecule has 9 heteroatoms. The van der Waals surface area contributed by atoms with Crippen LogP contribution in [0.3, 0.4) is 0 Å². The van der Waals surface area contributed by atoms with Gasteiger partial charge in [0.2, 0.25) is 0 Å². The van der Waals surface area contributed by atoms with Gasteiger partial charge in [-0.3, -0.25) is 4.55 Å². The number of dihydropyridines is 1. The summed E-state index contributed by atoms with van der Waals surface area (Å²) >= 11 is 1.64. The van der Waals surface area contributed by atoms with Crippen molar-refractivity contribution in [1.29, 1.82) is 5.26 Å². The SMILES string of the molecule is Cc1ccc(S(=O)(=O)O)cc1.N#Cc1ccc(CSC2C=CC=C(C3=CCNCC3)N2)c(F)c1. The van der Waals surface area contributed by atoms with Gasteiger partial charge in [0.05, 0.1) is 21.9 Å². The Morgan fingerprint density at radius 3 is 2.62 bits per heavy atom. The minimum absolute atomic E-state index is 0.0666. The zero-order chi connectivity index (χ0) is 24.6. The third-order valence-electron chi connectivity index (χ3n) is 5.18. The van der Waals surface area contributed by atoms with Crippen LogP contribution in [0.5, 0.6) is 0 Å². The second-order valence-electron chi connectivity index (χ2n) is 7.73. The van der Waals surface area contributed by atoms with E-state index in [9.17, 15) is 12.8 Å². The van der Waals surface area contributed by atoms with Crippen molar-refractivity contribution >= 4 is 21.9 Å². The number of allylic oxidation sites excluding steroid dienone is 3. The van der Waals surface area contributed by atoms with Gasteiger partial charge in [-0.25, -0.2) is 4.39 Å². The Kier molecular flexibility index (Phi) is 9.07. The minimum atomic E-state index is -4.02. The van der Waals surface area contributed by atoms with Crippen molar-refractivity contribution in [2.75, 3.05) is 13.1 Å². The molecule has 178 valence electrons. The fourth-order valence-electron chi connectivity index (χ4n) is 3.29. The third kappa shape index (κ3) is 7.57. The van der Waals surface area contributed by atoms with E-state index in [-0.39, 0.29) is 16.1 Å². The number of nitrogens with zero attached hydrogens (tertiary/aromatic N) is 1. The van der Waals surface area contributed by atoms with E-state index in [2.05, 4.69) is 34.9 Å². The van der Waals surface area contributed by atoms with E-state index in [4.69, 9.17) is 9.81 Å². The van der Waals surface area contributed by atoms with Gasteiger partial charge in [-0.05, 0) is 61.4 Å². The van der Waals surface area contributed by atoms with Crippen LogP contribution in [0, 0.1) is 24.1 Å². The average molecular weight is 500 g/mol. The molecule has 2 aromatic carbocycles. The van der Waals surface area contributed by atoms with Crippen LogP contribution in [0.2, 0.25) is 0 Å². The van der Waals surface area contributed by atoms with Gasteiger partial charge in [0.15, 0.2) is 0 Å². The first-order valence-corrected chi connectivity index (χ1v) is 13.1. The molecule has 4 rings (SSSR count). The van der Waals surface area contributed by atoms with Crippen LogP contribution in [-0.2, 0) is 15.9 Å². The zero-order valence-corrected chi connectivity index (χ0v) is 20.3. The first-order valence-electron chi connectivity index (χ1n) is 10.7. The lowest BCUT2D eigenvalue weighted by Crippen LogP contribution is -2.30. The van der Waals surface area contributed by atoms with Gasteiger partial charge in [0, 0.05) is 18.0 Å². The summed E-state index contributed by atoms with van der Waals surface area (Å²) in [6, 6.07) is 12.6. The average Bonchev–Trinajstić information content (AvgIpc) is 2.84. The second-order valence-corrected chi connectivity index (χ2v) is 10.3. The second kappa shape index (κ2) is 12.0. The molecule has 0 spiro atoms. The minimum Gasteiger partial charge on any atom is -0.370 e. The topological polar surface area (TPSA) is 102 Å². The molecular weight excluding hydrogens is 473 g/mol. The Hall–Kier alpha value is -2.90. The van der Waals surface area contributed by atoms with E-state index in [0.29, 0.717) is 16.9 Å². The predicted octanol–water partition coefficient (Wildman–Crippen LogP) is 4.46. The fourth-order valence-corrected chi connectivity index (χ4v) is 4.78. The van der Waals surface area contributed by atoms with Crippen molar-refractivity contribution in [3.05, 3.63) is 101 Å². The molecule has 0 amide bonds. The standard InChI is InChI=1S/C18H18FN3S.C7H8O3S/c19-16-10-13(11-20)4-5-15(16)12-23-18-3-1-2-17(22-18)14-6-8-21-9-7-14;1-6-2-4-7(5-3-6)11(8,9)10/h1-6,10,18,21-22H,7-9,12H2;2-5H,1H3,(H,8,9,10). The van der Waals surface area contributed by atoms with Crippen LogP contribution in [0.25, 0.3) is 0 Å². The number of hydrogen-bond acceptors (Lipinski definition) is 6. The largest absolute Gasteiger partial charge is 0.370 e. The van der Waals surface area contributed by atoms with Crippen LogP contribution < -0.4 is 10.6 Å². The van der Waals surface area contributed by atoms with Gasteiger partial charge in [-0.2, -0.15) is 13.7 Å². The van der Waals surface area contributed by atoms with Crippen molar-refractivity contribution in [3.8, 4) is 6.07 Å². The summed E-state index contributed by atoms with van der Waals surface area (Å²) in [5, 5.41) is 15.7. The van der Waals surface area contributed by atoms with E-state index in [1.165, 1.54) is 23.8 Å². The molecule has 6 nitrogen and oxygen atoms in total. The van der Waals surface area contributed by atoms with Crippen LogP contribution in [0.1, 0.15) is 23.1 Å². The number of halogens is 1. The molecule has 2 heterocycles. The zero-order valence-electron chi connectivity index (χ0n) is 18.7. The Morgan fingerprint density at radius 2 is 2.00 bits per heavy atom. The molecule has 2 aromatic rings. The highest BCUT2D eigenvalue weighted by molar-refractivity contribution is 7.99. The van der Waals surface area contributed by atoms with Crippen molar-refractivity contribution < 1.29 is 17.4 Å². The first kappa shape index (κ1) is 25.7. The predicted molar refractivity (Wildman–Crippen MR) is 133 cm³/mol. The quantitative estimate of drug-likeness (QED) is 0.522. The molecule has 0 bridgehead atoms. The van der Waals surface area contributed by atoms with Crippen molar-refractivity contribution in [3.63, 3.8) is 0 Å². The van der Waals surface area contributed by atoms with Crippen LogP contribution in [-0.4, -0.2) is 31.4 Å². The molecule has 0 radical (unpaired) electrons. The van der Waals surface area contributed by atoms with E-state index in [1.54, 1.807) is 36.0 Å². The van der Waals surface area contributed by atoms with E-state index in [0.717, 1.165) is 30.8 Å². The van der Waals surface area contributed by atoms with E-state index >= 15 is 0 Å². The number of benzene rings is 2. The van der Waals surface area contributed by atoms with Crippen molar-refractivity contribution in [1.82, 2.24) is 10.6 Å². The summed E-state index contributed by atoms with van der Waals surface area (Å²) in [7, 11) is -4.02. The Balaban J connectivity index is 0.000000248. The van der Waals surface area contributed by atoms with E-state index < -0.39 is 10.1 Å². The monoisotopic (exact) mass is 499 g/mol. The van der Waals surface area contributed by atoms with Crippen LogP contribution >= 0.6 is 11.8 Å². The number of hydrogen-bond donors (Lipinski definition) is 3. The molecule has 0 fully saturated rings. The summed E-state index contributed by atoms with van der Waals surface area (Å²) in [6.07, 6.45) is 9.47. The van der Waals surface area contributed by atoms with Gasteiger partial charge >= 0.3 is 0 Å². The summed E-state index contributed by atoms with van der Waals surface area (Å²) < 4.78 is 43.5. The number of thioether (sulfide) groups is 1. The van der Waals surface area contributed by atoms with Crippen molar-refractivity contribution in [2.45, 2.75) is 29.4 Å². The molecule has 1 atom stereocenters. The van der Waals surface area contributed by atoms with Crippen LogP contribution in [0.15, 0.2) is 82.9 Å². The lowest BCUT2D eigenvalue weighted by Gasteiger charge is -2.25. The number of nitrogens with one attached hydrogen (secondary N) is 2. The number of aryl methyl sites for hydroxylation is 1. The summed E-state index contributed by atoms with van der Waals surface area (Å²) in [6.45, 7) is 3.75. The molecule has 1 unspecified atom stereocenters. The summed E-state index contributed by atoms with van der Waals surface area (Å²) in [5.74, 6) is 0.251. The molecule has 2 aliphatic heterocycles. The molecular formula is C25H26FN3O3S2. The highest BCUT2D eigenvalue weighted by Gasteiger charge is 2.16. The van der Waals surface area contributed by atoms with Gasteiger partial charge in [-0.15, -0.1) is 11.8 Å². The molecule has 0 saturated heterocycles. The van der Waals surface area contributed by atoms with E-state index in [1.807, 2.05) is 13.0 Å². The molecule has 0 aliphatic carbocycles. The van der Waals surface area contributed by atoms with Crippen LogP contribution in [0.4, 0.5) is 4.39 Å². The maximum Gasteiger partial charge on any atom is 0.294 e. The maximum atomic E-state index is 13.9. The molecule has 0 saturated carbocycles. The lowest BCUT2D eigenvalue weighted by molar-refractivity contribution is 0.483. The smallest absolute Gasteiger partial charge is 0.294 e. The number of rotatable bonds is 5. The first-order chi connectivity index (χ1) is 16.3. The summed E-state index contributed by atoms with van der Waals surface area (Å²) in [5.41, 5.74) is 4.43. The van der Waals surface area contributed by atoms with Gasteiger partial charge < -0.3 is 10.6 Å². The molecule has 34 heavy (non-hydrogen) atoms. The highest BCUT2D eigenvalue weighted by Crippen LogP contribution is 2.25. The molecule has 3 N–H and O–H groups in total. The lowest BCUT2D eigenvalue weighted by atomic mass is 10.0. The third-order valence-corrected chi connectivity index (χ3v) is 7.16. The highest BCUT2D eigenvalue weighted by atomic mass is 32.2. The molecule has 2 aliphatic rings. The fraction of sp³-hybridized carbons (Fsp3) is 0.240. The molecule has 0 aromatic heterocycles.